The predicted molar refractivity (Wildman–Crippen MR) is 74.2 cm³/mol. The fraction of sp³-hybridized carbons (Fsp3) is 0.643. The van der Waals surface area contributed by atoms with E-state index in [0.717, 1.165) is 18.9 Å². The number of nitrogens with two attached hydrogens (primary N) is 1. The van der Waals surface area contributed by atoms with Crippen LogP contribution in [0.1, 0.15) is 38.3 Å². The first-order valence-corrected chi connectivity index (χ1v) is 6.53. The molecule has 2 N–H and O–H groups in total. The predicted octanol–water partition coefficient (Wildman–Crippen LogP) is 2.72. The van der Waals surface area contributed by atoms with Crippen LogP contribution >= 0.6 is 0 Å². The van der Waals surface area contributed by atoms with E-state index in [2.05, 4.69) is 37.6 Å². The molecule has 1 atom stereocenters. The highest BCUT2D eigenvalue weighted by Crippen LogP contribution is 2.21. The quantitative estimate of drug-likeness (QED) is 0.824. The molecule has 96 valence electrons. The third-order valence-electron chi connectivity index (χ3n) is 3.38. The van der Waals surface area contributed by atoms with Crippen molar-refractivity contribution in [1.82, 2.24) is 4.98 Å². The highest BCUT2D eigenvalue weighted by Gasteiger charge is 2.14. The van der Waals surface area contributed by atoms with Crippen molar-refractivity contribution >= 4 is 5.82 Å². The number of rotatable bonds is 6. The summed E-state index contributed by atoms with van der Waals surface area (Å²) in [7, 11) is 0. The lowest BCUT2D eigenvalue weighted by molar-refractivity contribution is 0.544. The van der Waals surface area contributed by atoms with Crippen LogP contribution in [0.3, 0.4) is 0 Å². The van der Waals surface area contributed by atoms with Crippen LogP contribution in [0.4, 0.5) is 5.82 Å². The van der Waals surface area contributed by atoms with Gasteiger partial charge in [0.15, 0.2) is 0 Å². The summed E-state index contributed by atoms with van der Waals surface area (Å²) < 4.78 is 0. The SMILES string of the molecule is CCC(C)CN(CC)c1nccc(C)c1CN. The highest BCUT2D eigenvalue weighted by atomic mass is 15.2. The second-order valence-electron chi connectivity index (χ2n) is 4.69. The highest BCUT2D eigenvalue weighted by molar-refractivity contribution is 5.50. The number of pyridine rings is 1. The maximum atomic E-state index is 5.84. The van der Waals surface area contributed by atoms with Crippen LogP contribution in [0, 0.1) is 12.8 Å². The van der Waals surface area contributed by atoms with Crippen LogP contribution in [-0.2, 0) is 6.54 Å². The van der Waals surface area contributed by atoms with Gasteiger partial charge in [0.2, 0.25) is 0 Å². The van der Waals surface area contributed by atoms with E-state index in [4.69, 9.17) is 5.73 Å². The smallest absolute Gasteiger partial charge is 0.133 e. The molecule has 0 saturated carbocycles. The molecule has 0 spiro atoms. The molecule has 0 fully saturated rings. The van der Waals surface area contributed by atoms with Gasteiger partial charge in [-0.15, -0.1) is 0 Å². The second kappa shape index (κ2) is 6.60. The number of hydrogen-bond donors (Lipinski definition) is 1. The van der Waals surface area contributed by atoms with Crippen molar-refractivity contribution in [2.45, 2.75) is 40.7 Å². The van der Waals surface area contributed by atoms with Crippen molar-refractivity contribution < 1.29 is 0 Å². The van der Waals surface area contributed by atoms with Gasteiger partial charge in [-0.25, -0.2) is 4.98 Å². The maximum absolute atomic E-state index is 5.84. The Morgan fingerprint density at radius 2 is 2.12 bits per heavy atom. The molecule has 0 aliphatic carbocycles. The molecule has 0 saturated heterocycles. The third kappa shape index (κ3) is 3.43. The Kier molecular flexibility index (Phi) is 5.42. The summed E-state index contributed by atoms with van der Waals surface area (Å²) in [6, 6.07) is 2.03. The summed E-state index contributed by atoms with van der Waals surface area (Å²) >= 11 is 0. The topological polar surface area (TPSA) is 42.2 Å². The summed E-state index contributed by atoms with van der Waals surface area (Å²) in [5, 5.41) is 0. The molecule has 1 aromatic rings. The molecular weight excluding hydrogens is 210 g/mol. The lowest BCUT2D eigenvalue weighted by atomic mass is 10.1. The molecule has 0 aliphatic rings. The number of hydrogen-bond acceptors (Lipinski definition) is 3. The van der Waals surface area contributed by atoms with Crippen molar-refractivity contribution in [1.29, 1.82) is 0 Å². The van der Waals surface area contributed by atoms with E-state index in [0.29, 0.717) is 12.5 Å². The average Bonchev–Trinajstić information content (AvgIpc) is 2.35. The number of nitrogens with zero attached hydrogens (tertiary/aromatic N) is 2. The van der Waals surface area contributed by atoms with E-state index in [1.165, 1.54) is 17.5 Å². The molecule has 1 aromatic heterocycles. The lowest BCUT2D eigenvalue weighted by Gasteiger charge is -2.27. The van der Waals surface area contributed by atoms with Gasteiger partial charge in [-0.3, -0.25) is 0 Å². The molecule has 3 heteroatoms. The zero-order valence-electron chi connectivity index (χ0n) is 11.5. The first-order chi connectivity index (χ1) is 8.13. The van der Waals surface area contributed by atoms with Gasteiger partial charge in [0, 0.05) is 31.4 Å². The number of aromatic nitrogens is 1. The maximum Gasteiger partial charge on any atom is 0.133 e. The van der Waals surface area contributed by atoms with Crippen molar-refractivity contribution in [3.63, 3.8) is 0 Å². The van der Waals surface area contributed by atoms with Gasteiger partial charge in [-0.05, 0) is 31.4 Å². The van der Waals surface area contributed by atoms with Crippen LogP contribution in [0.5, 0.6) is 0 Å². The number of anilines is 1. The van der Waals surface area contributed by atoms with E-state index in [1.807, 2.05) is 12.3 Å². The normalized spacial score (nSPS) is 12.5. The van der Waals surface area contributed by atoms with Gasteiger partial charge in [-0.2, -0.15) is 0 Å². The van der Waals surface area contributed by atoms with Crippen LogP contribution in [0.2, 0.25) is 0 Å². The minimum absolute atomic E-state index is 0.562. The van der Waals surface area contributed by atoms with Gasteiger partial charge < -0.3 is 10.6 Å². The van der Waals surface area contributed by atoms with E-state index >= 15 is 0 Å². The minimum atomic E-state index is 0.562. The van der Waals surface area contributed by atoms with Crippen LogP contribution < -0.4 is 10.6 Å². The van der Waals surface area contributed by atoms with Gasteiger partial charge in [0.1, 0.15) is 5.82 Å². The molecule has 0 bridgehead atoms. The van der Waals surface area contributed by atoms with Gasteiger partial charge in [0.25, 0.3) is 0 Å². The second-order valence-corrected chi connectivity index (χ2v) is 4.69. The Labute approximate surface area is 105 Å². The Bertz CT molecular complexity index is 349. The fourth-order valence-electron chi connectivity index (χ4n) is 1.97. The van der Waals surface area contributed by atoms with E-state index < -0.39 is 0 Å². The minimum Gasteiger partial charge on any atom is -0.356 e. The van der Waals surface area contributed by atoms with E-state index in [-0.39, 0.29) is 0 Å². The van der Waals surface area contributed by atoms with E-state index in [9.17, 15) is 0 Å². The first-order valence-electron chi connectivity index (χ1n) is 6.53. The van der Waals surface area contributed by atoms with E-state index in [1.54, 1.807) is 0 Å². The molecule has 0 aliphatic heterocycles. The molecule has 3 nitrogen and oxygen atoms in total. The standard InChI is InChI=1S/C14H25N3/c1-5-11(3)10-17(6-2)14-13(9-15)12(4)7-8-16-14/h7-8,11H,5-6,9-10,15H2,1-4H3. The summed E-state index contributed by atoms with van der Waals surface area (Å²) in [6.07, 6.45) is 3.07. The Morgan fingerprint density at radius 1 is 1.41 bits per heavy atom. The molecule has 0 aromatic carbocycles. The van der Waals surface area contributed by atoms with Crippen molar-refractivity contribution in [3.05, 3.63) is 23.4 Å². The molecule has 17 heavy (non-hydrogen) atoms. The van der Waals surface area contributed by atoms with Gasteiger partial charge in [-0.1, -0.05) is 20.3 Å². The van der Waals surface area contributed by atoms with Crippen LogP contribution in [0.25, 0.3) is 0 Å². The molecule has 0 amide bonds. The van der Waals surface area contributed by atoms with Crippen molar-refractivity contribution in [3.8, 4) is 0 Å². The van der Waals surface area contributed by atoms with Crippen molar-refractivity contribution in [2.24, 2.45) is 11.7 Å². The molecule has 1 unspecified atom stereocenters. The summed E-state index contributed by atoms with van der Waals surface area (Å²) in [4.78, 5) is 6.85. The Balaban J connectivity index is 2.98. The monoisotopic (exact) mass is 235 g/mol. The lowest BCUT2D eigenvalue weighted by Crippen LogP contribution is -2.30. The molecule has 0 radical (unpaired) electrons. The van der Waals surface area contributed by atoms with Crippen LogP contribution in [-0.4, -0.2) is 18.1 Å². The van der Waals surface area contributed by atoms with Crippen LogP contribution in [0.15, 0.2) is 12.3 Å². The average molecular weight is 235 g/mol. The zero-order valence-corrected chi connectivity index (χ0v) is 11.5. The largest absolute Gasteiger partial charge is 0.356 e. The summed E-state index contributed by atoms with van der Waals surface area (Å²) in [6.45, 7) is 11.4. The summed E-state index contributed by atoms with van der Waals surface area (Å²) in [5.74, 6) is 1.75. The van der Waals surface area contributed by atoms with Gasteiger partial charge >= 0.3 is 0 Å². The van der Waals surface area contributed by atoms with Crippen molar-refractivity contribution in [2.75, 3.05) is 18.0 Å². The zero-order chi connectivity index (χ0) is 12.8. The Hall–Kier alpha value is -1.09. The summed E-state index contributed by atoms with van der Waals surface area (Å²) in [5.41, 5.74) is 8.26. The molecule has 1 heterocycles. The fourth-order valence-corrected chi connectivity index (χ4v) is 1.97. The number of aryl methyl sites for hydroxylation is 1. The van der Waals surface area contributed by atoms with Gasteiger partial charge in [0.05, 0.1) is 0 Å². The Morgan fingerprint density at radius 3 is 2.65 bits per heavy atom. The first kappa shape index (κ1) is 14.0. The molecule has 1 rings (SSSR count). The molecular formula is C14H25N3. The third-order valence-corrected chi connectivity index (χ3v) is 3.38.